The lowest BCUT2D eigenvalue weighted by atomic mass is 10.4. The van der Waals surface area contributed by atoms with Crippen LogP contribution in [0.4, 0.5) is 5.69 Å². The number of thiazole rings is 1. The van der Waals surface area contributed by atoms with E-state index in [1.165, 1.54) is 11.3 Å². The molecule has 0 saturated heterocycles. The van der Waals surface area contributed by atoms with Crippen LogP contribution < -0.4 is 5.32 Å². The van der Waals surface area contributed by atoms with E-state index in [0.717, 1.165) is 9.56 Å². The molecule has 4 rings (SSSR count). The van der Waals surface area contributed by atoms with Crippen LogP contribution >= 0.6 is 27.3 Å². The second-order valence-corrected chi connectivity index (χ2v) is 6.08. The normalized spacial score (nSPS) is 11.3. The molecule has 0 aliphatic carbocycles. The van der Waals surface area contributed by atoms with E-state index in [-0.39, 0.29) is 5.91 Å². The number of halogens is 1. The monoisotopic (exact) mass is 362 g/mol. The van der Waals surface area contributed by atoms with Crippen LogP contribution in [0, 0.1) is 0 Å². The zero-order valence-electron chi connectivity index (χ0n) is 10.4. The molecule has 0 atom stereocenters. The predicted octanol–water partition coefficient (Wildman–Crippen LogP) is 2.45. The molecule has 0 unspecified atom stereocenters. The average molecular weight is 363 g/mol. The maximum absolute atomic E-state index is 12.3. The van der Waals surface area contributed by atoms with Gasteiger partial charge in [-0.2, -0.15) is 0 Å². The highest BCUT2D eigenvalue weighted by atomic mass is 79.9. The van der Waals surface area contributed by atoms with Crippen LogP contribution in [-0.2, 0) is 0 Å². The minimum atomic E-state index is -0.196. The van der Waals surface area contributed by atoms with Crippen LogP contribution in [0.2, 0.25) is 0 Å². The second-order valence-electron chi connectivity index (χ2n) is 4.26. The molecular formula is C12H7BrN6OS. The molecule has 1 amide bonds. The van der Waals surface area contributed by atoms with Gasteiger partial charge in [-0.05, 0) is 15.9 Å². The second kappa shape index (κ2) is 4.64. The lowest BCUT2D eigenvalue weighted by Gasteiger charge is -2.03. The molecule has 0 radical (unpaired) electrons. The number of rotatable bonds is 2. The van der Waals surface area contributed by atoms with Crippen molar-refractivity contribution in [2.45, 2.75) is 0 Å². The lowest BCUT2D eigenvalue weighted by Crippen LogP contribution is -2.11. The van der Waals surface area contributed by atoms with Gasteiger partial charge in [-0.3, -0.25) is 13.6 Å². The Morgan fingerprint density at radius 2 is 2.14 bits per heavy atom. The zero-order chi connectivity index (χ0) is 14.4. The molecule has 0 fully saturated rings. The van der Waals surface area contributed by atoms with E-state index in [1.807, 2.05) is 4.40 Å². The number of amides is 1. The fraction of sp³-hybridized carbons (Fsp3) is 0. The summed E-state index contributed by atoms with van der Waals surface area (Å²) in [6.07, 6.45) is 10.2. The number of imidazole rings is 2. The highest BCUT2D eigenvalue weighted by molar-refractivity contribution is 9.10. The van der Waals surface area contributed by atoms with E-state index in [2.05, 4.69) is 36.2 Å². The number of carbonyl (C=O) groups is 1. The fourth-order valence-electron chi connectivity index (χ4n) is 1.94. The molecule has 0 saturated carbocycles. The summed E-state index contributed by atoms with van der Waals surface area (Å²) in [5, 5.41) is 2.81. The van der Waals surface area contributed by atoms with Crippen LogP contribution in [0.5, 0.6) is 0 Å². The van der Waals surface area contributed by atoms with Gasteiger partial charge in [0.25, 0.3) is 5.91 Å². The molecule has 9 heteroatoms. The Morgan fingerprint density at radius 3 is 3.00 bits per heavy atom. The third-order valence-corrected chi connectivity index (χ3v) is 4.47. The number of carbonyl (C=O) groups excluding carboxylic acids is 1. The van der Waals surface area contributed by atoms with Crippen LogP contribution in [0.15, 0.2) is 41.8 Å². The average Bonchev–Trinajstić information content (AvgIpc) is 3.16. The first-order valence-corrected chi connectivity index (χ1v) is 7.54. The topological polar surface area (TPSA) is 76.6 Å². The molecule has 4 heterocycles. The van der Waals surface area contributed by atoms with E-state index in [9.17, 15) is 4.79 Å². The van der Waals surface area contributed by atoms with Gasteiger partial charge in [0.05, 0.1) is 18.1 Å². The van der Waals surface area contributed by atoms with Crippen molar-refractivity contribution < 1.29 is 4.79 Å². The van der Waals surface area contributed by atoms with Gasteiger partial charge in [-0.1, -0.05) is 11.3 Å². The Kier molecular flexibility index (Phi) is 2.76. The molecule has 21 heavy (non-hydrogen) atoms. The molecule has 104 valence electrons. The molecule has 0 spiro atoms. The van der Waals surface area contributed by atoms with Crippen LogP contribution in [-0.4, -0.2) is 29.7 Å². The molecule has 1 N–H and O–H groups in total. The molecule has 0 aliphatic rings. The maximum Gasteiger partial charge on any atom is 0.267 e. The lowest BCUT2D eigenvalue weighted by molar-refractivity contribution is 0.103. The van der Waals surface area contributed by atoms with E-state index in [0.29, 0.717) is 16.3 Å². The molecule has 0 aliphatic heterocycles. The fourth-order valence-corrected chi connectivity index (χ4v) is 3.28. The van der Waals surface area contributed by atoms with Crippen LogP contribution in [0.25, 0.3) is 10.7 Å². The largest absolute Gasteiger partial charge is 0.319 e. The molecular weight excluding hydrogens is 356 g/mol. The molecule has 0 aromatic carbocycles. The van der Waals surface area contributed by atoms with Crippen LogP contribution in [0.1, 0.15) is 9.67 Å². The van der Waals surface area contributed by atoms with Gasteiger partial charge in [-0.15, -0.1) is 0 Å². The number of nitrogens with one attached hydrogen (secondary N) is 1. The van der Waals surface area contributed by atoms with E-state index in [1.54, 1.807) is 41.6 Å². The van der Waals surface area contributed by atoms with E-state index >= 15 is 0 Å². The molecule has 4 aromatic heterocycles. The predicted molar refractivity (Wildman–Crippen MR) is 81.7 cm³/mol. The first kappa shape index (κ1) is 12.5. The third kappa shape index (κ3) is 2.10. The van der Waals surface area contributed by atoms with Gasteiger partial charge in [0.1, 0.15) is 9.48 Å². The number of fused-ring (bicyclic) bond motifs is 2. The number of hydrogen-bond acceptors (Lipinski definition) is 5. The molecule has 7 nitrogen and oxygen atoms in total. The van der Waals surface area contributed by atoms with Gasteiger partial charge in [0.2, 0.25) is 5.78 Å². The van der Waals surface area contributed by atoms with Gasteiger partial charge in [0, 0.05) is 24.8 Å². The van der Waals surface area contributed by atoms with Gasteiger partial charge >= 0.3 is 0 Å². The third-order valence-electron chi connectivity index (χ3n) is 2.89. The Hall–Kier alpha value is -2.26. The zero-order valence-corrected chi connectivity index (χ0v) is 12.8. The van der Waals surface area contributed by atoms with Crippen molar-refractivity contribution in [2.24, 2.45) is 0 Å². The minimum Gasteiger partial charge on any atom is -0.319 e. The molecule has 0 bridgehead atoms. The standard InChI is InChI=1S/C12H7BrN6OS/c13-9-4-16-12-19(9)6-8(21-12)10(20)17-7-3-15-11-14-1-2-18(11)5-7/h1-6H,(H,17,20). The summed E-state index contributed by atoms with van der Waals surface area (Å²) < 4.78 is 4.37. The van der Waals surface area contributed by atoms with Gasteiger partial charge in [0.15, 0.2) is 4.96 Å². The smallest absolute Gasteiger partial charge is 0.267 e. The summed E-state index contributed by atoms with van der Waals surface area (Å²) in [6.45, 7) is 0. The van der Waals surface area contributed by atoms with E-state index in [4.69, 9.17) is 0 Å². The van der Waals surface area contributed by atoms with Crippen LogP contribution in [0.3, 0.4) is 0 Å². The van der Waals surface area contributed by atoms with Gasteiger partial charge < -0.3 is 5.32 Å². The Morgan fingerprint density at radius 1 is 1.24 bits per heavy atom. The Balaban J connectivity index is 1.64. The highest BCUT2D eigenvalue weighted by Gasteiger charge is 2.13. The first-order chi connectivity index (χ1) is 10.2. The number of nitrogens with zero attached hydrogens (tertiary/aromatic N) is 5. The number of anilines is 1. The van der Waals surface area contributed by atoms with Crippen molar-refractivity contribution in [3.05, 3.63) is 46.7 Å². The van der Waals surface area contributed by atoms with Crippen molar-refractivity contribution >= 4 is 49.6 Å². The van der Waals surface area contributed by atoms with Crippen molar-refractivity contribution in [2.75, 3.05) is 5.32 Å². The van der Waals surface area contributed by atoms with Crippen molar-refractivity contribution in [3.8, 4) is 0 Å². The summed E-state index contributed by atoms with van der Waals surface area (Å²) in [4.78, 5) is 26.0. The number of aromatic nitrogens is 5. The molecule has 4 aromatic rings. The van der Waals surface area contributed by atoms with Crippen molar-refractivity contribution in [1.82, 2.24) is 23.8 Å². The Bertz CT molecular complexity index is 971. The van der Waals surface area contributed by atoms with Crippen molar-refractivity contribution in [1.29, 1.82) is 0 Å². The first-order valence-electron chi connectivity index (χ1n) is 5.93. The highest BCUT2D eigenvalue weighted by Crippen LogP contribution is 2.22. The maximum atomic E-state index is 12.3. The Labute approximate surface area is 130 Å². The summed E-state index contributed by atoms with van der Waals surface area (Å²) >= 11 is 4.69. The van der Waals surface area contributed by atoms with Crippen molar-refractivity contribution in [3.63, 3.8) is 0 Å². The summed E-state index contributed by atoms with van der Waals surface area (Å²) in [7, 11) is 0. The summed E-state index contributed by atoms with van der Waals surface area (Å²) in [5.41, 5.74) is 0.607. The van der Waals surface area contributed by atoms with Gasteiger partial charge in [-0.25, -0.2) is 15.0 Å². The SMILES string of the molecule is O=C(Nc1cnc2nccn2c1)c1cn2c(Br)cnc2s1. The number of hydrogen-bond donors (Lipinski definition) is 1. The van der Waals surface area contributed by atoms with E-state index < -0.39 is 0 Å². The quantitative estimate of drug-likeness (QED) is 0.594. The summed E-state index contributed by atoms with van der Waals surface area (Å²) in [5.74, 6) is 0.394. The summed E-state index contributed by atoms with van der Waals surface area (Å²) in [6, 6.07) is 0. The minimum absolute atomic E-state index is 0.196.